The van der Waals surface area contributed by atoms with Gasteiger partial charge in [-0.25, -0.2) is 9.97 Å². The van der Waals surface area contributed by atoms with Gasteiger partial charge in [0.15, 0.2) is 0 Å². The van der Waals surface area contributed by atoms with Crippen molar-refractivity contribution in [2.75, 3.05) is 12.8 Å². The molecule has 0 radical (unpaired) electrons. The Bertz CT molecular complexity index is 546. The molecule has 6 heteroatoms. The number of nitrogens with zero attached hydrogens (tertiary/aromatic N) is 2. The van der Waals surface area contributed by atoms with E-state index in [1.54, 1.807) is 7.05 Å². The van der Waals surface area contributed by atoms with E-state index in [9.17, 15) is 4.79 Å². The van der Waals surface area contributed by atoms with Crippen molar-refractivity contribution in [2.45, 2.75) is 6.92 Å². The molecule has 0 atom stereocenters. The Morgan fingerprint density at radius 3 is 2.47 bits per heavy atom. The van der Waals surface area contributed by atoms with E-state index in [2.05, 4.69) is 35.0 Å². The topological polar surface area (TPSA) is 80.9 Å². The van der Waals surface area contributed by atoms with Crippen LogP contribution in [0.1, 0.15) is 11.3 Å². The number of carbonyl (C=O) groups is 1. The van der Waals surface area contributed by atoms with Gasteiger partial charge < -0.3 is 11.1 Å². The molecule has 0 spiro atoms. The number of thioether (sulfide) groups is 1. The molecular formula is C13H16N4OS. The summed E-state index contributed by atoms with van der Waals surface area (Å²) in [4.78, 5) is 20.3. The number of carbonyl (C=O) groups excluding carboxylic acids is 1. The SMILES string of the molecule is C=C(SC(=C)C(=O)NC)C(=C)c1c(C)ncnc1N. The van der Waals surface area contributed by atoms with E-state index in [4.69, 9.17) is 5.73 Å². The molecular weight excluding hydrogens is 260 g/mol. The van der Waals surface area contributed by atoms with Crippen LogP contribution < -0.4 is 11.1 Å². The largest absolute Gasteiger partial charge is 0.383 e. The number of amides is 1. The molecule has 5 nitrogen and oxygen atoms in total. The third-order valence-electron chi connectivity index (χ3n) is 2.43. The van der Waals surface area contributed by atoms with E-state index >= 15 is 0 Å². The van der Waals surface area contributed by atoms with Gasteiger partial charge in [-0.2, -0.15) is 0 Å². The summed E-state index contributed by atoms with van der Waals surface area (Å²) < 4.78 is 0. The molecule has 0 aliphatic rings. The highest BCUT2D eigenvalue weighted by Gasteiger charge is 2.15. The van der Waals surface area contributed by atoms with E-state index in [0.29, 0.717) is 32.5 Å². The Balaban J connectivity index is 2.93. The number of hydrogen-bond donors (Lipinski definition) is 2. The van der Waals surface area contributed by atoms with Crippen LogP contribution in [0.15, 0.2) is 35.9 Å². The molecule has 1 aromatic heterocycles. The van der Waals surface area contributed by atoms with Crippen LogP contribution in [0.2, 0.25) is 0 Å². The van der Waals surface area contributed by atoms with Crippen LogP contribution in [0.3, 0.4) is 0 Å². The Morgan fingerprint density at radius 1 is 1.32 bits per heavy atom. The summed E-state index contributed by atoms with van der Waals surface area (Å²) in [7, 11) is 1.54. The Morgan fingerprint density at radius 2 is 1.95 bits per heavy atom. The Hall–Kier alpha value is -2.08. The third-order valence-corrected chi connectivity index (χ3v) is 3.36. The monoisotopic (exact) mass is 276 g/mol. The van der Waals surface area contributed by atoms with Crippen LogP contribution in [0.5, 0.6) is 0 Å². The van der Waals surface area contributed by atoms with Gasteiger partial charge in [-0.15, -0.1) is 0 Å². The molecule has 0 aromatic carbocycles. The number of aromatic nitrogens is 2. The molecule has 0 saturated heterocycles. The van der Waals surface area contributed by atoms with E-state index in [-0.39, 0.29) is 5.91 Å². The first-order valence-corrected chi connectivity index (χ1v) is 6.24. The quantitative estimate of drug-likeness (QED) is 0.634. The van der Waals surface area contributed by atoms with Gasteiger partial charge in [0.05, 0.1) is 10.6 Å². The average molecular weight is 276 g/mol. The maximum Gasteiger partial charge on any atom is 0.257 e. The number of anilines is 1. The summed E-state index contributed by atoms with van der Waals surface area (Å²) in [5.74, 6) is 0.0813. The zero-order chi connectivity index (χ0) is 14.6. The number of nitrogens with one attached hydrogen (secondary N) is 1. The number of likely N-dealkylation sites (N-methyl/N-ethyl adjacent to an activating group) is 1. The molecule has 0 aliphatic heterocycles. The van der Waals surface area contributed by atoms with Gasteiger partial charge in [-0.05, 0) is 12.5 Å². The van der Waals surface area contributed by atoms with Crippen molar-refractivity contribution in [3.05, 3.63) is 47.1 Å². The van der Waals surface area contributed by atoms with Crippen LogP contribution in [0.25, 0.3) is 5.57 Å². The molecule has 19 heavy (non-hydrogen) atoms. The van der Waals surface area contributed by atoms with Gasteiger partial charge in [0.2, 0.25) is 0 Å². The molecule has 1 aromatic rings. The predicted molar refractivity (Wildman–Crippen MR) is 80.2 cm³/mol. The number of aryl methyl sites for hydroxylation is 1. The summed E-state index contributed by atoms with van der Waals surface area (Å²) in [6, 6.07) is 0. The van der Waals surface area contributed by atoms with Crippen LogP contribution in [0.4, 0.5) is 5.82 Å². The maximum absolute atomic E-state index is 11.4. The number of nitrogens with two attached hydrogens (primary N) is 1. The minimum absolute atomic E-state index is 0.257. The number of nitrogen functional groups attached to an aromatic ring is 1. The second kappa shape index (κ2) is 6.19. The molecule has 0 bridgehead atoms. The minimum Gasteiger partial charge on any atom is -0.383 e. The van der Waals surface area contributed by atoms with Crippen LogP contribution >= 0.6 is 11.8 Å². The van der Waals surface area contributed by atoms with Crippen molar-refractivity contribution in [3.8, 4) is 0 Å². The summed E-state index contributed by atoms with van der Waals surface area (Å²) in [6.07, 6.45) is 1.39. The highest BCUT2D eigenvalue weighted by atomic mass is 32.2. The third kappa shape index (κ3) is 3.45. The van der Waals surface area contributed by atoms with Crippen molar-refractivity contribution in [1.29, 1.82) is 0 Å². The minimum atomic E-state index is -0.257. The fraction of sp³-hybridized carbons (Fsp3) is 0.154. The maximum atomic E-state index is 11.4. The zero-order valence-corrected chi connectivity index (χ0v) is 11.8. The molecule has 0 aliphatic carbocycles. The highest BCUT2D eigenvalue weighted by molar-refractivity contribution is 8.08. The van der Waals surface area contributed by atoms with Crippen molar-refractivity contribution in [1.82, 2.24) is 15.3 Å². The van der Waals surface area contributed by atoms with Gasteiger partial charge in [0, 0.05) is 17.5 Å². The lowest BCUT2D eigenvalue weighted by Crippen LogP contribution is -2.17. The van der Waals surface area contributed by atoms with Crippen molar-refractivity contribution in [3.63, 3.8) is 0 Å². The van der Waals surface area contributed by atoms with Crippen molar-refractivity contribution in [2.24, 2.45) is 0 Å². The molecule has 1 rings (SSSR count). The van der Waals surface area contributed by atoms with Gasteiger partial charge in [-0.1, -0.05) is 31.5 Å². The van der Waals surface area contributed by atoms with Crippen molar-refractivity contribution >= 4 is 29.1 Å². The van der Waals surface area contributed by atoms with E-state index in [1.165, 1.54) is 6.33 Å². The summed E-state index contributed by atoms with van der Waals surface area (Å²) in [5, 5.41) is 2.49. The molecule has 0 fully saturated rings. The molecule has 0 unspecified atom stereocenters. The first kappa shape index (κ1) is 15.0. The van der Waals surface area contributed by atoms with Crippen LogP contribution in [-0.2, 0) is 4.79 Å². The van der Waals surface area contributed by atoms with E-state index in [1.807, 2.05) is 6.92 Å². The lowest BCUT2D eigenvalue weighted by atomic mass is 10.1. The fourth-order valence-electron chi connectivity index (χ4n) is 1.40. The number of rotatable bonds is 5. The standard InChI is InChI=1S/C13H16N4OS/c1-7(9(3)19-10(4)13(18)15-5)11-8(2)16-6-17-12(11)14/h6H,1,3-4H2,2,5H3,(H,15,18)(H2,14,16,17). The second-order valence-electron chi connectivity index (χ2n) is 3.73. The first-order chi connectivity index (χ1) is 8.88. The molecule has 3 N–H and O–H groups in total. The van der Waals surface area contributed by atoms with Gasteiger partial charge in [-0.3, -0.25) is 4.79 Å². The Labute approximate surface area is 116 Å². The van der Waals surface area contributed by atoms with Crippen molar-refractivity contribution < 1.29 is 4.79 Å². The predicted octanol–water partition coefficient (Wildman–Crippen LogP) is 1.89. The normalized spacial score (nSPS) is 9.79. The Kier molecular flexibility index (Phi) is 4.88. The summed E-state index contributed by atoms with van der Waals surface area (Å²) >= 11 is 1.14. The van der Waals surface area contributed by atoms with Gasteiger partial charge in [0.25, 0.3) is 5.91 Å². The van der Waals surface area contributed by atoms with Gasteiger partial charge in [0.1, 0.15) is 12.1 Å². The van der Waals surface area contributed by atoms with Crippen LogP contribution in [0, 0.1) is 6.92 Å². The van der Waals surface area contributed by atoms with E-state index in [0.717, 1.165) is 11.8 Å². The molecule has 1 heterocycles. The molecule has 100 valence electrons. The smallest absolute Gasteiger partial charge is 0.257 e. The second-order valence-corrected chi connectivity index (χ2v) is 4.92. The molecule has 0 saturated carbocycles. The number of hydrogen-bond acceptors (Lipinski definition) is 5. The summed E-state index contributed by atoms with van der Waals surface area (Å²) in [5.41, 5.74) is 7.76. The van der Waals surface area contributed by atoms with Crippen LogP contribution in [-0.4, -0.2) is 22.9 Å². The highest BCUT2D eigenvalue weighted by Crippen LogP contribution is 2.35. The molecule has 1 amide bonds. The summed E-state index contributed by atoms with van der Waals surface area (Å²) in [6.45, 7) is 13.3. The fourth-order valence-corrected chi connectivity index (χ4v) is 2.12. The first-order valence-electron chi connectivity index (χ1n) is 5.43. The van der Waals surface area contributed by atoms with E-state index < -0.39 is 0 Å². The average Bonchev–Trinajstić information content (AvgIpc) is 2.37. The lowest BCUT2D eigenvalue weighted by molar-refractivity contribution is -0.116. The zero-order valence-electron chi connectivity index (χ0n) is 11.0. The van der Waals surface area contributed by atoms with Gasteiger partial charge >= 0.3 is 0 Å². The number of allylic oxidation sites excluding steroid dienone is 1. The lowest BCUT2D eigenvalue weighted by Gasteiger charge is -2.13.